The van der Waals surface area contributed by atoms with E-state index in [4.69, 9.17) is 32.4 Å². The van der Waals surface area contributed by atoms with Gasteiger partial charge in [0.15, 0.2) is 0 Å². The molecule has 0 aliphatic rings. The van der Waals surface area contributed by atoms with Crippen molar-refractivity contribution >= 4 is 29.2 Å². The Hall–Kier alpha value is -1.66. The van der Waals surface area contributed by atoms with E-state index in [-0.39, 0.29) is 33.7 Å². The van der Waals surface area contributed by atoms with Crippen molar-refractivity contribution in [3.8, 4) is 11.3 Å². The van der Waals surface area contributed by atoms with Crippen molar-refractivity contribution in [3.05, 3.63) is 45.6 Å². The van der Waals surface area contributed by atoms with E-state index >= 15 is 0 Å². The van der Waals surface area contributed by atoms with E-state index in [2.05, 4.69) is 0 Å². The molecule has 2 rings (SSSR count). The summed E-state index contributed by atoms with van der Waals surface area (Å²) in [5, 5.41) is -0.464. The highest BCUT2D eigenvalue weighted by molar-refractivity contribution is 6.39. The number of carbonyl (C=O) groups is 1. The number of ether oxygens (including phenoxy) is 1. The van der Waals surface area contributed by atoms with Crippen molar-refractivity contribution in [2.24, 2.45) is 0 Å². The molecule has 0 N–H and O–H groups in total. The third-order valence-electron chi connectivity index (χ3n) is 2.70. The van der Waals surface area contributed by atoms with Crippen LogP contribution in [0.25, 0.3) is 11.3 Å². The molecule has 118 valence electrons. The molecule has 22 heavy (non-hydrogen) atoms. The van der Waals surface area contributed by atoms with Crippen molar-refractivity contribution in [2.75, 3.05) is 6.61 Å². The average molecular weight is 353 g/mol. The molecule has 1 heterocycles. The van der Waals surface area contributed by atoms with Crippen LogP contribution in [0.4, 0.5) is 13.2 Å². The van der Waals surface area contributed by atoms with Crippen molar-refractivity contribution in [3.63, 3.8) is 0 Å². The number of hydrogen-bond donors (Lipinski definition) is 0. The molecule has 2 aromatic rings. The van der Waals surface area contributed by atoms with Gasteiger partial charge in [0.1, 0.15) is 5.76 Å². The summed E-state index contributed by atoms with van der Waals surface area (Å²) in [6.45, 7) is 1.79. The molecular formula is C14H9Cl2F3O3. The van der Waals surface area contributed by atoms with Gasteiger partial charge < -0.3 is 9.15 Å². The smallest absolute Gasteiger partial charge is 0.416 e. The Morgan fingerprint density at radius 3 is 2.32 bits per heavy atom. The zero-order chi connectivity index (χ0) is 16.5. The van der Waals surface area contributed by atoms with E-state index in [0.717, 1.165) is 12.1 Å². The zero-order valence-corrected chi connectivity index (χ0v) is 12.6. The zero-order valence-electron chi connectivity index (χ0n) is 11.1. The van der Waals surface area contributed by atoms with Gasteiger partial charge in [-0.15, -0.1) is 0 Å². The quantitative estimate of drug-likeness (QED) is 0.689. The highest BCUT2D eigenvalue weighted by atomic mass is 35.5. The first kappa shape index (κ1) is 16.7. The maximum atomic E-state index is 12.7. The van der Waals surface area contributed by atoms with E-state index < -0.39 is 17.7 Å². The Morgan fingerprint density at radius 1 is 1.23 bits per heavy atom. The second-order valence-corrected chi connectivity index (χ2v) is 5.01. The molecule has 0 radical (unpaired) electrons. The summed E-state index contributed by atoms with van der Waals surface area (Å²) in [5.41, 5.74) is -0.893. The number of furan rings is 1. The highest BCUT2D eigenvalue weighted by Gasteiger charge is 2.32. The van der Waals surface area contributed by atoms with E-state index in [1.165, 1.54) is 12.1 Å². The topological polar surface area (TPSA) is 39.4 Å². The summed E-state index contributed by atoms with van der Waals surface area (Å²) in [5.74, 6) is -0.705. The molecule has 0 bridgehead atoms. The molecule has 0 saturated carbocycles. The summed E-state index contributed by atoms with van der Waals surface area (Å²) < 4.78 is 48.0. The van der Waals surface area contributed by atoms with Gasteiger partial charge in [0.2, 0.25) is 5.76 Å². The SMILES string of the molecule is CCOC(=O)c1ccc(-c2c(Cl)cc(C(F)(F)F)cc2Cl)o1. The van der Waals surface area contributed by atoms with Gasteiger partial charge in [-0.1, -0.05) is 23.2 Å². The third kappa shape index (κ3) is 3.39. The Morgan fingerprint density at radius 2 is 1.82 bits per heavy atom. The van der Waals surface area contributed by atoms with Crippen LogP contribution in [-0.2, 0) is 10.9 Å². The molecule has 0 aliphatic carbocycles. The van der Waals surface area contributed by atoms with Crippen LogP contribution < -0.4 is 0 Å². The Kier molecular flexibility index (Phi) is 4.72. The number of carbonyl (C=O) groups excluding carboxylic acids is 1. The summed E-state index contributed by atoms with van der Waals surface area (Å²) in [6.07, 6.45) is -4.56. The van der Waals surface area contributed by atoms with Crippen LogP contribution in [0.5, 0.6) is 0 Å². The highest BCUT2D eigenvalue weighted by Crippen LogP contribution is 2.41. The molecule has 0 aliphatic heterocycles. The first-order valence-corrected chi connectivity index (χ1v) is 6.83. The summed E-state index contributed by atoms with van der Waals surface area (Å²) >= 11 is 11.7. The normalized spacial score (nSPS) is 11.5. The van der Waals surface area contributed by atoms with Crippen molar-refractivity contribution in [1.82, 2.24) is 0 Å². The minimum Gasteiger partial charge on any atom is -0.460 e. The first-order valence-electron chi connectivity index (χ1n) is 6.07. The molecular weight excluding hydrogens is 344 g/mol. The Labute approximate surface area is 133 Å². The van der Waals surface area contributed by atoms with Gasteiger partial charge in [-0.05, 0) is 31.2 Å². The van der Waals surface area contributed by atoms with Crippen LogP contribution in [0.1, 0.15) is 23.0 Å². The lowest BCUT2D eigenvalue weighted by molar-refractivity contribution is -0.137. The van der Waals surface area contributed by atoms with Gasteiger partial charge in [0.25, 0.3) is 0 Å². The maximum absolute atomic E-state index is 12.7. The molecule has 0 atom stereocenters. The van der Waals surface area contributed by atoms with Gasteiger partial charge in [0.05, 0.1) is 27.8 Å². The second-order valence-electron chi connectivity index (χ2n) is 4.20. The van der Waals surface area contributed by atoms with E-state index in [0.29, 0.717) is 0 Å². The summed E-state index contributed by atoms with van der Waals surface area (Å²) in [4.78, 5) is 11.5. The lowest BCUT2D eigenvalue weighted by Crippen LogP contribution is -2.05. The van der Waals surface area contributed by atoms with Crippen molar-refractivity contribution < 1.29 is 27.1 Å². The number of halogens is 5. The van der Waals surface area contributed by atoms with Crippen LogP contribution in [-0.4, -0.2) is 12.6 Å². The Balaban J connectivity index is 2.44. The van der Waals surface area contributed by atoms with Crippen LogP contribution >= 0.6 is 23.2 Å². The van der Waals surface area contributed by atoms with E-state index in [1.807, 2.05) is 0 Å². The number of hydrogen-bond acceptors (Lipinski definition) is 3. The molecule has 0 spiro atoms. The largest absolute Gasteiger partial charge is 0.460 e. The van der Waals surface area contributed by atoms with Gasteiger partial charge in [-0.3, -0.25) is 0 Å². The van der Waals surface area contributed by atoms with Crippen LogP contribution in [0.2, 0.25) is 10.0 Å². The second kappa shape index (κ2) is 6.22. The molecule has 3 nitrogen and oxygen atoms in total. The monoisotopic (exact) mass is 352 g/mol. The minimum absolute atomic E-state index is 0.0757. The molecule has 0 saturated heterocycles. The van der Waals surface area contributed by atoms with E-state index in [1.54, 1.807) is 6.92 Å². The molecule has 1 aromatic heterocycles. The predicted molar refractivity (Wildman–Crippen MR) is 75.1 cm³/mol. The first-order chi connectivity index (χ1) is 10.2. The number of rotatable bonds is 3. The van der Waals surface area contributed by atoms with Gasteiger partial charge >= 0.3 is 12.1 Å². The molecule has 0 unspecified atom stereocenters. The Bertz CT molecular complexity index is 685. The minimum atomic E-state index is -4.56. The van der Waals surface area contributed by atoms with Gasteiger partial charge in [-0.25, -0.2) is 4.79 Å². The maximum Gasteiger partial charge on any atom is 0.416 e. The fraction of sp³-hybridized carbons (Fsp3) is 0.214. The van der Waals surface area contributed by atoms with Crippen molar-refractivity contribution in [2.45, 2.75) is 13.1 Å². The molecule has 0 amide bonds. The molecule has 0 fully saturated rings. The average Bonchev–Trinajstić information content (AvgIpc) is 2.86. The lowest BCUT2D eigenvalue weighted by Gasteiger charge is -2.10. The van der Waals surface area contributed by atoms with Gasteiger partial charge in [-0.2, -0.15) is 13.2 Å². The fourth-order valence-corrected chi connectivity index (χ4v) is 2.43. The van der Waals surface area contributed by atoms with Crippen LogP contribution in [0, 0.1) is 0 Å². The summed E-state index contributed by atoms with van der Waals surface area (Å²) in [6, 6.07) is 4.20. The predicted octanol–water partition coefficient (Wildman–Crippen LogP) is 5.45. The van der Waals surface area contributed by atoms with Crippen molar-refractivity contribution in [1.29, 1.82) is 0 Å². The molecule has 1 aromatic carbocycles. The number of alkyl halides is 3. The van der Waals surface area contributed by atoms with E-state index in [9.17, 15) is 18.0 Å². The van der Waals surface area contributed by atoms with Crippen LogP contribution in [0.15, 0.2) is 28.7 Å². The standard InChI is InChI=1S/C14H9Cl2F3O3/c1-2-21-13(20)11-4-3-10(22-11)12-8(15)5-7(6-9(12)16)14(17,18)19/h3-6H,2H2,1H3. The lowest BCUT2D eigenvalue weighted by atomic mass is 10.1. The summed E-state index contributed by atoms with van der Waals surface area (Å²) in [7, 11) is 0. The number of esters is 1. The van der Waals surface area contributed by atoms with Crippen LogP contribution in [0.3, 0.4) is 0 Å². The third-order valence-corrected chi connectivity index (χ3v) is 3.29. The number of benzene rings is 1. The van der Waals surface area contributed by atoms with Gasteiger partial charge in [0, 0.05) is 0 Å². The fourth-order valence-electron chi connectivity index (χ4n) is 1.76. The molecule has 8 heteroatoms.